The molecule has 7 heteroatoms. The van der Waals surface area contributed by atoms with Gasteiger partial charge >= 0.3 is 0 Å². The van der Waals surface area contributed by atoms with Crippen LogP contribution >= 0.6 is 23.4 Å². The van der Waals surface area contributed by atoms with Crippen LogP contribution < -0.4 is 16.0 Å². The molecule has 0 atom stereocenters. The van der Waals surface area contributed by atoms with E-state index in [0.29, 0.717) is 16.8 Å². The van der Waals surface area contributed by atoms with Crippen LogP contribution in [-0.2, 0) is 0 Å². The van der Waals surface area contributed by atoms with Gasteiger partial charge < -0.3 is 16.0 Å². The van der Waals surface area contributed by atoms with Gasteiger partial charge in [-0.05, 0) is 36.4 Å². The standard InChI is InChI=1S/C18H16ClN5S/c19-16-11-21-18-23-13-4-1-3-12(9-13)20-7-8-25-15-6-2-5-14(10-15)22-17(16)24-18/h1-6,9-11,20H,7-8H2,(H2,21,22,23,24). The highest BCUT2D eigenvalue weighted by Crippen LogP contribution is 2.28. The van der Waals surface area contributed by atoms with E-state index < -0.39 is 0 Å². The highest BCUT2D eigenvalue weighted by molar-refractivity contribution is 7.99. The van der Waals surface area contributed by atoms with Crippen LogP contribution in [0.1, 0.15) is 0 Å². The third-order valence-corrected chi connectivity index (χ3v) is 4.93. The molecule has 3 aromatic rings. The Hall–Kier alpha value is -2.44. The Kier molecular flexibility index (Phi) is 4.63. The zero-order chi connectivity index (χ0) is 17.1. The van der Waals surface area contributed by atoms with Crippen molar-refractivity contribution in [1.29, 1.82) is 0 Å². The van der Waals surface area contributed by atoms with Gasteiger partial charge in [0.25, 0.3) is 0 Å². The van der Waals surface area contributed by atoms with E-state index in [1.165, 1.54) is 4.90 Å². The molecule has 0 saturated heterocycles. The maximum absolute atomic E-state index is 6.25. The van der Waals surface area contributed by atoms with Gasteiger partial charge in [0, 0.05) is 34.3 Å². The Balaban J connectivity index is 1.73. The van der Waals surface area contributed by atoms with Crippen LogP contribution in [0.5, 0.6) is 0 Å². The Labute approximate surface area is 155 Å². The van der Waals surface area contributed by atoms with E-state index in [1.54, 1.807) is 18.0 Å². The Morgan fingerprint density at radius 2 is 1.76 bits per heavy atom. The second-order valence-electron chi connectivity index (χ2n) is 5.52. The summed E-state index contributed by atoms with van der Waals surface area (Å²) < 4.78 is 0. The molecule has 0 fully saturated rings. The number of aromatic nitrogens is 2. The number of hydrogen-bond acceptors (Lipinski definition) is 6. The fourth-order valence-corrected chi connectivity index (χ4v) is 3.48. The molecule has 1 aliphatic heterocycles. The van der Waals surface area contributed by atoms with Gasteiger partial charge in [0.2, 0.25) is 5.95 Å². The molecule has 0 aliphatic carbocycles. The molecule has 0 saturated carbocycles. The first-order valence-corrected chi connectivity index (χ1v) is 9.26. The summed E-state index contributed by atoms with van der Waals surface area (Å²) >= 11 is 8.06. The molecule has 0 amide bonds. The van der Waals surface area contributed by atoms with Gasteiger partial charge in [0.05, 0.1) is 6.20 Å². The third-order valence-electron chi connectivity index (χ3n) is 3.66. The number of hydrogen-bond donors (Lipinski definition) is 3. The fraction of sp³-hybridized carbons (Fsp3) is 0.111. The summed E-state index contributed by atoms with van der Waals surface area (Å²) in [6.45, 7) is 0.877. The van der Waals surface area contributed by atoms with E-state index in [-0.39, 0.29) is 0 Å². The van der Waals surface area contributed by atoms with Crippen LogP contribution in [0.25, 0.3) is 0 Å². The lowest BCUT2D eigenvalue weighted by Gasteiger charge is -2.11. The Bertz CT molecular complexity index is 902. The van der Waals surface area contributed by atoms with Gasteiger partial charge in [-0.3, -0.25) is 0 Å². The van der Waals surface area contributed by atoms with Crippen molar-refractivity contribution in [3.63, 3.8) is 0 Å². The van der Waals surface area contributed by atoms with Crippen LogP contribution in [0.4, 0.5) is 28.8 Å². The topological polar surface area (TPSA) is 61.9 Å². The zero-order valence-corrected chi connectivity index (χ0v) is 14.9. The average Bonchev–Trinajstić information content (AvgIpc) is 2.62. The first-order valence-electron chi connectivity index (χ1n) is 7.90. The van der Waals surface area contributed by atoms with Crippen molar-refractivity contribution >= 4 is 52.2 Å². The molecule has 0 unspecified atom stereocenters. The second kappa shape index (κ2) is 7.21. The monoisotopic (exact) mass is 369 g/mol. The third kappa shape index (κ3) is 3.97. The van der Waals surface area contributed by atoms with Crippen molar-refractivity contribution in [3.05, 3.63) is 59.8 Å². The van der Waals surface area contributed by atoms with E-state index in [1.807, 2.05) is 36.4 Å². The molecule has 1 aliphatic rings. The van der Waals surface area contributed by atoms with Gasteiger partial charge in [-0.25, -0.2) is 4.98 Å². The lowest BCUT2D eigenvalue weighted by Crippen LogP contribution is -2.04. The fourth-order valence-electron chi connectivity index (χ4n) is 2.52. The number of fused-ring (bicyclic) bond motifs is 6. The van der Waals surface area contributed by atoms with Crippen LogP contribution in [0.2, 0.25) is 5.02 Å². The Morgan fingerprint density at radius 3 is 2.68 bits per heavy atom. The summed E-state index contributed by atoms with van der Waals surface area (Å²) in [4.78, 5) is 9.95. The molecular weight excluding hydrogens is 354 g/mol. The molecule has 0 spiro atoms. The van der Waals surface area contributed by atoms with Crippen LogP contribution in [0.3, 0.4) is 0 Å². The molecule has 2 heterocycles. The van der Waals surface area contributed by atoms with E-state index in [4.69, 9.17) is 11.6 Å². The van der Waals surface area contributed by atoms with Crippen molar-refractivity contribution in [2.24, 2.45) is 0 Å². The van der Waals surface area contributed by atoms with Gasteiger partial charge in [-0.1, -0.05) is 23.7 Å². The van der Waals surface area contributed by atoms with Crippen LogP contribution in [-0.4, -0.2) is 22.3 Å². The summed E-state index contributed by atoms with van der Waals surface area (Å²) in [5.41, 5.74) is 2.92. The highest BCUT2D eigenvalue weighted by atomic mass is 35.5. The summed E-state index contributed by atoms with van der Waals surface area (Å²) in [6.07, 6.45) is 1.60. The first-order chi connectivity index (χ1) is 12.3. The minimum Gasteiger partial charge on any atom is -0.384 e. The molecule has 6 bridgehead atoms. The summed E-state index contributed by atoms with van der Waals surface area (Å²) in [7, 11) is 0. The van der Waals surface area contributed by atoms with Crippen molar-refractivity contribution in [2.45, 2.75) is 4.90 Å². The summed E-state index contributed by atoms with van der Waals surface area (Å²) in [5, 5.41) is 10.4. The number of thioether (sulfide) groups is 1. The van der Waals surface area contributed by atoms with Crippen LogP contribution in [0.15, 0.2) is 59.6 Å². The number of nitrogens with one attached hydrogen (secondary N) is 3. The molecule has 126 valence electrons. The predicted octanol–water partition coefficient (Wildman–Crippen LogP) is 5.13. The lowest BCUT2D eigenvalue weighted by atomic mass is 10.3. The Morgan fingerprint density at radius 1 is 0.960 bits per heavy atom. The molecule has 3 N–H and O–H groups in total. The van der Waals surface area contributed by atoms with Gasteiger partial charge in [-0.15, -0.1) is 11.8 Å². The van der Waals surface area contributed by atoms with E-state index in [2.05, 4.69) is 38.1 Å². The number of anilines is 5. The molecule has 0 radical (unpaired) electrons. The highest BCUT2D eigenvalue weighted by Gasteiger charge is 2.08. The van der Waals surface area contributed by atoms with Crippen molar-refractivity contribution in [1.82, 2.24) is 9.97 Å². The number of halogens is 1. The normalized spacial score (nSPS) is 13.5. The second-order valence-corrected chi connectivity index (χ2v) is 7.10. The molecule has 1 aromatic heterocycles. The minimum atomic E-state index is 0.475. The summed E-state index contributed by atoms with van der Waals surface area (Å²) in [6, 6.07) is 16.3. The minimum absolute atomic E-state index is 0.475. The molecular formula is C18H16ClN5S. The van der Waals surface area contributed by atoms with Crippen LogP contribution in [0, 0.1) is 0 Å². The predicted molar refractivity (Wildman–Crippen MR) is 106 cm³/mol. The first kappa shape index (κ1) is 16.1. The lowest BCUT2D eigenvalue weighted by molar-refractivity contribution is 1.16. The van der Waals surface area contributed by atoms with Gasteiger partial charge in [-0.2, -0.15) is 4.98 Å². The SMILES string of the molecule is Clc1cnc2nc1Nc1cccc(c1)SCCNc1cccc(c1)N2. The smallest absolute Gasteiger partial charge is 0.229 e. The van der Waals surface area contributed by atoms with Crippen molar-refractivity contribution in [3.8, 4) is 0 Å². The van der Waals surface area contributed by atoms with Crippen molar-refractivity contribution in [2.75, 3.05) is 28.2 Å². The van der Waals surface area contributed by atoms with Gasteiger partial charge in [0.15, 0.2) is 5.82 Å². The maximum Gasteiger partial charge on any atom is 0.229 e. The number of nitrogens with zero attached hydrogens (tertiary/aromatic N) is 2. The molecule has 4 rings (SSSR count). The van der Waals surface area contributed by atoms with Gasteiger partial charge in [0.1, 0.15) is 5.02 Å². The average molecular weight is 370 g/mol. The maximum atomic E-state index is 6.25. The summed E-state index contributed by atoms with van der Waals surface area (Å²) in [5.74, 6) is 2.03. The number of benzene rings is 2. The van der Waals surface area contributed by atoms with Crippen molar-refractivity contribution < 1.29 is 0 Å². The zero-order valence-electron chi connectivity index (χ0n) is 13.3. The van der Waals surface area contributed by atoms with E-state index in [0.717, 1.165) is 29.4 Å². The quantitative estimate of drug-likeness (QED) is 0.510. The number of rotatable bonds is 0. The molecule has 2 aromatic carbocycles. The molecule has 5 nitrogen and oxygen atoms in total. The van der Waals surface area contributed by atoms with E-state index in [9.17, 15) is 0 Å². The van der Waals surface area contributed by atoms with E-state index >= 15 is 0 Å². The molecule has 25 heavy (non-hydrogen) atoms. The largest absolute Gasteiger partial charge is 0.384 e.